The van der Waals surface area contributed by atoms with Crippen molar-refractivity contribution in [3.8, 4) is 0 Å². The maximum Gasteiger partial charge on any atom is 0.326 e. The summed E-state index contributed by atoms with van der Waals surface area (Å²) in [7, 11) is 0. The van der Waals surface area contributed by atoms with E-state index in [1.165, 1.54) is 6.92 Å². The maximum absolute atomic E-state index is 12.7. The number of nitrogens with one attached hydrogen (secondary N) is 3. The maximum atomic E-state index is 12.7. The molecule has 0 fully saturated rings. The van der Waals surface area contributed by atoms with Crippen molar-refractivity contribution < 1.29 is 34.2 Å². The van der Waals surface area contributed by atoms with E-state index in [0.29, 0.717) is 18.6 Å². The predicted molar refractivity (Wildman–Crippen MR) is 116 cm³/mol. The number of carbonyl (C=O) groups excluding carboxylic acids is 3. The van der Waals surface area contributed by atoms with Gasteiger partial charge in [0, 0.05) is 6.42 Å². The van der Waals surface area contributed by atoms with Crippen LogP contribution in [0.5, 0.6) is 0 Å². The molecule has 7 N–H and O–H groups in total. The Morgan fingerprint density at radius 1 is 0.935 bits per heavy atom. The average molecular weight is 463 g/mol. The first-order chi connectivity index (χ1) is 14.4. The van der Waals surface area contributed by atoms with Crippen molar-refractivity contribution in [2.24, 2.45) is 11.7 Å². The number of amides is 3. The van der Waals surface area contributed by atoms with Gasteiger partial charge in [-0.15, -0.1) is 0 Å². The summed E-state index contributed by atoms with van der Waals surface area (Å²) in [5.41, 5.74) is 5.79. The number of carboxylic acids is 2. The molecular weight excluding hydrogens is 428 g/mol. The van der Waals surface area contributed by atoms with Gasteiger partial charge >= 0.3 is 11.9 Å². The van der Waals surface area contributed by atoms with Crippen LogP contribution < -0.4 is 21.7 Å². The molecule has 11 nitrogen and oxygen atoms in total. The van der Waals surface area contributed by atoms with Crippen LogP contribution in [0.25, 0.3) is 0 Å². The molecule has 0 spiro atoms. The Labute approximate surface area is 186 Å². The fourth-order valence-corrected chi connectivity index (χ4v) is 3.02. The second kappa shape index (κ2) is 14.6. The zero-order chi connectivity index (χ0) is 24.1. The highest BCUT2D eigenvalue weighted by molar-refractivity contribution is 7.98. The van der Waals surface area contributed by atoms with E-state index in [4.69, 9.17) is 10.8 Å². The van der Waals surface area contributed by atoms with E-state index in [0.717, 1.165) is 0 Å². The second-order valence-corrected chi connectivity index (χ2v) is 8.31. The minimum Gasteiger partial charge on any atom is -0.481 e. The molecule has 5 unspecified atom stereocenters. The quantitative estimate of drug-likeness (QED) is 0.187. The molecule has 3 amide bonds. The standard InChI is InChI=1S/C19H34N4O7S/c1-5-10(2)15(18(28)22-13(19(29)30)6-7-14(24)25)23-16(26)11(3)21-17(27)12(20)8-9-31-4/h10-13,15H,5-9,20H2,1-4H3,(H,21,27)(H,22,28)(H,23,26)(H,24,25)(H,29,30). The lowest BCUT2D eigenvalue weighted by atomic mass is 9.97. The molecule has 0 saturated carbocycles. The Bertz CT molecular complexity index is 647. The molecule has 0 heterocycles. The fraction of sp³-hybridized carbons (Fsp3) is 0.737. The van der Waals surface area contributed by atoms with Crippen LogP contribution in [0.1, 0.15) is 46.5 Å². The van der Waals surface area contributed by atoms with Gasteiger partial charge in [0.05, 0.1) is 6.04 Å². The van der Waals surface area contributed by atoms with Gasteiger partial charge in [-0.1, -0.05) is 20.3 Å². The number of nitrogens with two attached hydrogens (primary N) is 1. The fourth-order valence-electron chi connectivity index (χ4n) is 2.53. The van der Waals surface area contributed by atoms with Gasteiger partial charge in [-0.3, -0.25) is 19.2 Å². The lowest BCUT2D eigenvalue weighted by molar-refractivity contribution is -0.143. The number of carbonyl (C=O) groups is 5. The molecule has 0 bridgehead atoms. The lowest BCUT2D eigenvalue weighted by Crippen LogP contribution is -2.58. The molecule has 0 aromatic carbocycles. The van der Waals surface area contributed by atoms with E-state index in [1.807, 2.05) is 6.26 Å². The highest BCUT2D eigenvalue weighted by Crippen LogP contribution is 2.10. The van der Waals surface area contributed by atoms with Gasteiger partial charge in [-0.2, -0.15) is 11.8 Å². The number of carboxylic acid groups (broad SMARTS) is 2. The first kappa shape index (κ1) is 28.7. The van der Waals surface area contributed by atoms with Crippen LogP contribution in [0.3, 0.4) is 0 Å². The van der Waals surface area contributed by atoms with Gasteiger partial charge in [0.15, 0.2) is 0 Å². The van der Waals surface area contributed by atoms with E-state index in [-0.39, 0.29) is 12.3 Å². The summed E-state index contributed by atoms with van der Waals surface area (Å²) in [6, 6.07) is -4.19. The summed E-state index contributed by atoms with van der Waals surface area (Å²) in [5.74, 6) is -4.06. The largest absolute Gasteiger partial charge is 0.481 e. The topological polar surface area (TPSA) is 188 Å². The number of rotatable bonds is 15. The van der Waals surface area contributed by atoms with Crippen molar-refractivity contribution in [3.63, 3.8) is 0 Å². The van der Waals surface area contributed by atoms with Crippen molar-refractivity contribution in [2.75, 3.05) is 12.0 Å². The molecule has 0 radical (unpaired) electrons. The number of thioether (sulfide) groups is 1. The monoisotopic (exact) mass is 462 g/mol. The Kier molecular flexibility index (Phi) is 13.5. The van der Waals surface area contributed by atoms with Crippen molar-refractivity contribution in [1.82, 2.24) is 16.0 Å². The number of hydrogen-bond acceptors (Lipinski definition) is 7. The Balaban J connectivity index is 5.12. The zero-order valence-electron chi connectivity index (χ0n) is 18.3. The zero-order valence-corrected chi connectivity index (χ0v) is 19.2. The van der Waals surface area contributed by atoms with Gasteiger partial charge in [0.25, 0.3) is 0 Å². The normalized spacial score (nSPS) is 15.6. The molecule has 12 heteroatoms. The van der Waals surface area contributed by atoms with Crippen LogP contribution in [0, 0.1) is 5.92 Å². The van der Waals surface area contributed by atoms with Crippen molar-refractivity contribution in [2.45, 2.75) is 70.6 Å². The molecule has 0 aromatic rings. The third-order valence-electron chi connectivity index (χ3n) is 4.78. The minimum atomic E-state index is -1.40. The molecule has 0 aliphatic heterocycles. The van der Waals surface area contributed by atoms with E-state index in [2.05, 4.69) is 16.0 Å². The molecule has 31 heavy (non-hydrogen) atoms. The molecule has 0 aliphatic rings. The van der Waals surface area contributed by atoms with Crippen LogP contribution in [0.4, 0.5) is 0 Å². The third-order valence-corrected chi connectivity index (χ3v) is 5.42. The minimum absolute atomic E-state index is 0.294. The smallest absolute Gasteiger partial charge is 0.326 e. The first-order valence-electron chi connectivity index (χ1n) is 10.0. The summed E-state index contributed by atoms with van der Waals surface area (Å²) < 4.78 is 0. The Morgan fingerprint density at radius 2 is 1.55 bits per heavy atom. The number of hydrogen-bond donors (Lipinski definition) is 6. The highest BCUT2D eigenvalue weighted by Gasteiger charge is 2.31. The van der Waals surface area contributed by atoms with Crippen LogP contribution in [0.15, 0.2) is 0 Å². The number of aliphatic carboxylic acids is 2. The Morgan fingerprint density at radius 3 is 2.03 bits per heavy atom. The molecule has 5 atom stereocenters. The van der Waals surface area contributed by atoms with Crippen LogP contribution in [-0.4, -0.2) is 76.0 Å². The lowest BCUT2D eigenvalue weighted by Gasteiger charge is -2.27. The first-order valence-corrected chi connectivity index (χ1v) is 11.4. The SMILES string of the molecule is CCC(C)C(NC(=O)C(C)NC(=O)C(N)CCSC)C(=O)NC(CCC(=O)O)C(=O)O. The van der Waals surface area contributed by atoms with Crippen LogP contribution in [0.2, 0.25) is 0 Å². The third kappa shape index (κ3) is 11.0. The molecule has 0 saturated heterocycles. The average Bonchev–Trinajstić information content (AvgIpc) is 2.71. The highest BCUT2D eigenvalue weighted by atomic mass is 32.2. The van der Waals surface area contributed by atoms with Gasteiger partial charge in [-0.25, -0.2) is 4.79 Å². The summed E-state index contributed by atoms with van der Waals surface area (Å²) in [6.45, 7) is 4.96. The molecule has 0 aromatic heterocycles. The molecule has 0 rings (SSSR count). The van der Waals surface area contributed by atoms with E-state index < -0.39 is 60.2 Å². The molecular formula is C19H34N4O7S. The van der Waals surface area contributed by atoms with E-state index >= 15 is 0 Å². The summed E-state index contributed by atoms with van der Waals surface area (Å²) in [6.07, 6.45) is 2.12. The second-order valence-electron chi connectivity index (χ2n) is 7.32. The molecule has 0 aliphatic carbocycles. The van der Waals surface area contributed by atoms with Crippen LogP contribution >= 0.6 is 11.8 Å². The van der Waals surface area contributed by atoms with Crippen molar-refractivity contribution in [1.29, 1.82) is 0 Å². The van der Waals surface area contributed by atoms with E-state index in [9.17, 15) is 29.1 Å². The van der Waals surface area contributed by atoms with Gasteiger partial charge in [0.2, 0.25) is 17.7 Å². The summed E-state index contributed by atoms with van der Waals surface area (Å²) in [4.78, 5) is 59.4. The van der Waals surface area contributed by atoms with Gasteiger partial charge < -0.3 is 31.9 Å². The van der Waals surface area contributed by atoms with Gasteiger partial charge in [0.1, 0.15) is 18.1 Å². The van der Waals surface area contributed by atoms with Gasteiger partial charge in [-0.05, 0) is 37.7 Å². The van der Waals surface area contributed by atoms with Crippen molar-refractivity contribution >= 4 is 41.4 Å². The van der Waals surface area contributed by atoms with E-state index in [1.54, 1.807) is 25.6 Å². The summed E-state index contributed by atoms with van der Waals surface area (Å²) >= 11 is 1.54. The predicted octanol–water partition coefficient (Wildman–Crippen LogP) is -0.463. The van der Waals surface area contributed by atoms with Crippen LogP contribution in [-0.2, 0) is 24.0 Å². The summed E-state index contributed by atoms with van der Waals surface area (Å²) in [5, 5.41) is 25.3. The Hall–Kier alpha value is -2.34. The molecule has 178 valence electrons. The van der Waals surface area contributed by atoms with Crippen molar-refractivity contribution in [3.05, 3.63) is 0 Å².